The number of nitrogens with zero attached hydrogens (tertiary/aromatic N) is 7. The highest BCUT2D eigenvalue weighted by molar-refractivity contribution is 5.89. The van der Waals surface area contributed by atoms with Crippen LogP contribution < -0.4 is 10.6 Å². The number of anilines is 2. The van der Waals surface area contributed by atoms with Crippen molar-refractivity contribution in [3.05, 3.63) is 65.8 Å². The maximum absolute atomic E-state index is 13.4. The van der Waals surface area contributed by atoms with Crippen LogP contribution in [-0.4, -0.2) is 60.0 Å². The van der Waals surface area contributed by atoms with Gasteiger partial charge in [0.25, 0.3) is 0 Å². The molecule has 0 saturated heterocycles. The van der Waals surface area contributed by atoms with Gasteiger partial charge in [-0.15, -0.1) is 10.2 Å². The molecule has 0 spiro atoms. The van der Waals surface area contributed by atoms with Crippen LogP contribution in [-0.2, 0) is 19.0 Å². The molecule has 0 aliphatic carbocycles. The van der Waals surface area contributed by atoms with Crippen molar-refractivity contribution in [3.8, 4) is 11.3 Å². The van der Waals surface area contributed by atoms with Crippen molar-refractivity contribution in [2.24, 2.45) is 7.05 Å². The Kier molecular flexibility index (Phi) is 7.51. The van der Waals surface area contributed by atoms with Crippen LogP contribution in [0.5, 0.6) is 0 Å². The summed E-state index contributed by atoms with van der Waals surface area (Å²) >= 11 is 0. The summed E-state index contributed by atoms with van der Waals surface area (Å²) in [5.74, 6) is -0.117. The van der Waals surface area contributed by atoms with Gasteiger partial charge in [0.05, 0.1) is 30.2 Å². The van der Waals surface area contributed by atoms with Gasteiger partial charge in [-0.3, -0.25) is 14.4 Å². The van der Waals surface area contributed by atoms with E-state index in [-0.39, 0.29) is 25.4 Å². The Hall–Kier alpha value is -4.33. The summed E-state index contributed by atoms with van der Waals surface area (Å²) in [6.07, 6.45) is 0.914. The molecule has 4 aromatic rings. The first kappa shape index (κ1) is 28.2. The van der Waals surface area contributed by atoms with Crippen molar-refractivity contribution in [1.82, 2.24) is 40.2 Å². The molecule has 0 saturated carbocycles. The van der Waals surface area contributed by atoms with Crippen LogP contribution in [0.2, 0.25) is 0 Å². The lowest BCUT2D eigenvalue weighted by molar-refractivity contribution is -0.147. The quantitative estimate of drug-likeness (QED) is 0.344. The highest BCUT2D eigenvalue weighted by Crippen LogP contribution is 2.32. The van der Waals surface area contributed by atoms with Gasteiger partial charge in [0, 0.05) is 43.5 Å². The van der Waals surface area contributed by atoms with Gasteiger partial charge in [-0.2, -0.15) is 18.3 Å². The predicted octanol–water partition coefficient (Wildman–Crippen LogP) is 4.54. The summed E-state index contributed by atoms with van der Waals surface area (Å²) in [4.78, 5) is 23.2. The van der Waals surface area contributed by atoms with Gasteiger partial charge >= 0.3 is 18.0 Å². The lowest BCUT2D eigenvalue weighted by Crippen LogP contribution is -2.35. The number of aromatic nitrogens is 6. The first-order chi connectivity index (χ1) is 19.3. The van der Waals surface area contributed by atoms with Gasteiger partial charge in [0.15, 0.2) is 0 Å². The van der Waals surface area contributed by atoms with Crippen molar-refractivity contribution < 1.29 is 22.4 Å². The van der Waals surface area contributed by atoms with Crippen LogP contribution in [0.25, 0.3) is 11.3 Å². The highest BCUT2D eigenvalue weighted by atomic mass is 19.4. The van der Waals surface area contributed by atoms with E-state index in [0.717, 1.165) is 0 Å². The zero-order valence-electron chi connectivity index (χ0n) is 23.0. The van der Waals surface area contributed by atoms with Gasteiger partial charge in [0.2, 0.25) is 11.8 Å². The van der Waals surface area contributed by atoms with Crippen LogP contribution >= 0.6 is 0 Å². The highest BCUT2D eigenvalue weighted by Gasteiger charge is 2.34. The van der Waals surface area contributed by atoms with E-state index in [1.807, 2.05) is 39.0 Å². The third-order valence-corrected chi connectivity index (χ3v) is 6.53. The van der Waals surface area contributed by atoms with Crippen LogP contribution in [0.15, 0.2) is 47.3 Å². The maximum Gasteiger partial charge on any atom is 0.401 e. The molecule has 0 bridgehead atoms. The van der Waals surface area contributed by atoms with Gasteiger partial charge in [-0.25, -0.2) is 9.97 Å². The van der Waals surface area contributed by atoms with E-state index >= 15 is 0 Å². The normalized spacial score (nSPS) is 16.2. The minimum absolute atomic E-state index is 0.0512. The van der Waals surface area contributed by atoms with E-state index in [2.05, 4.69) is 35.9 Å². The van der Waals surface area contributed by atoms with E-state index in [1.165, 1.54) is 4.90 Å². The molecule has 0 radical (unpaired) electrons. The summed E-state index contributed by atoms with van der Waals surface area (Å²) in [7, 11) is 1.79. The predicted molar refractivity (Wildman–Crippen MR) is 143 cm³/mol. The molecule has 1 atom stereocenters. The SMILES string of the molecule is Cn1cc(Nc2nccc(-c3ccc4c(c3)CN(CC(F)(F)F)CCC4NC(=O)c3nnc(C(C)(C)C)o3)n2)cn1. The molecule has 3 aromatic heterocycles. The number of carbonyl (C=O) groups is 1. The lowest BCUT2D eigenvalue weighted by atomic mass is 9.96. The zero-order valence-corrected chi connectivity index (χ0v) is 23.0. The first-order valence-electron chi connectivity index (χ1n) is 13.0. The Morgan fingerprint density at radius 3 is 2.66 bits per heavy atom. The number of nitrogens with one attached hydrogen (secondary N) is 2. The number of carbonyl (C=O) groups excluding carboxylic acids is 1. The van der Waals surface area contributed by atoms with Gasteiger partial charge in [-0.05, 0) is 29.7 Å². The van der Waals surface area contributed by atoms with E-state index in [0.29, 0.717) is 39.9 Å². The van der Waals surface area contributed by atoms with Crippen LogP contribution in [0.3, 0.4) is 0 Å². The van der Waals surface area contributed by atoms with Crippen molar-refractivity contribution in [3.63, 3.8) is 0 Å². The Labute approximate surface area is 234 Å². The van der Waals surface area contributed by atoms with E-state index in [1.54, 1.807) is 36.4 Å². The van der Waals surface area contributed by atoms with E-state index in [9.17, 15) is 18.0 Å². The van der Waals surface area contributed by atoms with Crippen LogP contribution in [0.4, 0.5) is 24.8 Å². The number of alkyl halides is 3. The number of amides is 1. The molecule has 4 heterocycles. The van der Waals surface area contributed by atoms with Crippen LogP contribution in [0.1, 0.15) is 60.9 Å². The second-order valence-corrected chi connectivity index (χ2v) is 11.0. The number of fused-ring (bicyclic) bond motifs is 1. The van der Waals surface area contributed by atoms with E-state index in [4.69, 9.17) is 4.42 Å². The molecule has 14 heteroatoms. The summed E-state index contributed by atoms with van der Waals surface area (Å²) in [5, 5.41) is 17.9. The molecule has 11 nitrogen and oxygen atoms in total. The number of hydrogen-bond acceptors (Lipinski definition) is 9. The molecular formula is C27H30F3N9O2. The average Bonchev–Trinajstić information content (AvgIpc) is 3.52. The summed E-state index contributed by atoms with van der Waals surface area (Å²) in [5.41, 5.74) is 2.92. The second kappa shape index (κ2) is 10.9. The number of hydrogen-bond donors (Lipinski definition) is 2. The van der Waals surface area contributed by atoms with Crippen molar-refractivity contribution in [1.29, 1.82) is 0 Å². The molecule has 1 aliphatic rings. The molecule has 1 amide bonds. The molecular weight excluding hydrogens is 539 g/mol. The number of benzene rings is 1. The molecule has 0 fully saturated rings. The summed E-state index contributed by atoms with van der Waals surface area (Å²) < 4.78 is 47.3. The maximum atomic E-state index is 13.4. The standard InChI is InChI=1S/C27H30F3N9O2/c1-26(2,3)24-37-36-23(41-24)22(40)34-21-8-10-39(15-27(28,29)30)13-17-11-16(5-6-19(17)21)20-7-9-31-25(35-20)33-18-12-32-38(4)14-18/h5-7,9,11-12,14,21H,8,10,13,15H2,1-4H3,(H,34,40)(H,31,33,35). The second-order valence-electron chi connectivity index (χ2n) is 11.0. The van der Waals surface area contributed by atoms with Crippen molar-refractivity contribution >= 4 is 17.5 Å². The number of aryl methyl sites for hydroxylation is 1. The Bertz CT molecular complexity index is 1540. The smallest absolute Gasteiger partial charge is 0.401 e. The van der Waals surface area contributed by atoms with E-state index < -0.39 is 30.1 Å². The topological polar surface area (TPSA) is 127 Å². The van der Waals surface area contributed by atoms with Crippen LogP contribution in [0, 0.1) is 0 Å². The number of rotatable bonds is 6. The molecule has 41 heavy (non-hydrogen) atoms. The van der Waals surface area contributed by atoms with Crippen molar-refractivity contribution in [2.45, 2.75) is 51.4 Å². The fraction of sp³-hybridized carbons (Fsp3) is 0.407. The number of halogens is 3. The molecule has 1 unspecified atom stereocenters. The van der Waals surface area contributed by atoms with Gasteiger partial charge in [0.1, 0.15) is 0 Å². The molecule has 5 rings (SSSR count). The largest absolute Gasteiger partial charge is 0.416 e. The summed E-state index contributed by atoms with van der Waals surface area (Å²) in [6.45, 7) is 4.75. The minimum Gasteiger partial charge on any atom is -0.416 e. The molecule has 1 aromatic carbocycles. The lowest BCUT2D eigenvalue weighted by Gasteiger charge is -2.22. The Morgan fingerprint density at radius 2 is 1.98 bits per heavy atom. The van der Waals surface area contributed by atoms with Crippen molar-refractivity contribution in [2.75, 3.05) is 18.4 Å². The monoisotopic (exact) mass is 569 g/mol. The van der Waals surface area contributed by atoms with Gasteiger partial charge < -0.3 is 15.1 Å². The third kappa shape index (κ3) is 6.88. The summed E-state index contributed by atoms with van der Waals surface area (Å²) in [6, 6.07) is 6.62. The fourth-order valence-electron chi connectivity index (χ4n) is 4.60. The first-order valence-corrected chi connectivity index (χ1v) is 13.0. The Morgan fingerprint density at radius 1 is 1.17 bits per heavy atom. The Balaban J connectivity index is 1.43. The molecule has 1 aliphatic heterocycles. The zero-order chi connectivity index (χ0) is 29.4. The fourth-order valence-corrected chi connectivity index (χ4v) is 4.60. The molecule has 2 N–H and O–H groups in total. The minimum atomic E-state index is -4.37. The van der Waals surface area contributed by atoms with Gasteiger partial charge in [-0.1, -0.05) is 32.9 Å². The average molecular weight is 570 g/mol. The third-order valence-electron chi connectivity index (χ3n) is 6.53. The molecule has 216 valence electrons.